The molecule has 0 saturated carbocycles. The summed E-state index contributed by atoms with van der Waals surface area (Å²) < 4.78 is 45.2. The van der Waals surface area contributed by atoms with Gasteiger partial charge in [-0.15, -0.1) is 0 Å². The van der Waals surface area contributed by atoms with Crippen LogP contribution in [0.3, 0.4) is 0 Å². The van der Waals surface area contributed by atoms with Crippen LogP contribution in [0.4, 0.5) is 4.39 Å². The maximum atomic E-state index is 13.5. The number of ether oxygens (including phenoxy) is 1. The number of hydrogen-bond donors (Lipinski definition) is 1. The molecule has 2 unspecified atom stereocenters. The van der Waals surface area contributed by atoms with Crippen molar-refractivity contribution in [2.24, 2.45) is 0 Å². The molecule has 2 atom stereocenters. The summed E-state index contributed by atoms with van der Waals surface area (Å²) in [6, 6.07) is 8.83. The number of fused-ring (bicyclic) bond motifs is 3. The van der Waals surface area contributed by atoms with Crippen LogP contribution < -0.4 is 10.1 Å². The molecule has 0 aromatic heterocycles. The molecule has 0 amide bonds. The lowest BCUT2D eigenvalue weighted by molar-refractivity contribution is 0.176. The Morgan fingerprint density at radius 1 is 1.21 bits per heavy atom. The van der Waals surface area contributed by atoms with Crippen molar-refractivity contribution in [2.75, 3.05) is 13.1 Å². The van der Waals surface area contributed by atoms with E-state index in [2.05, 4.69) is 5.32 Å². The van der Waals surface area contributed by atoms with Gasteiger partial charge in [0.05, 0.1) is 9.79 Å². The number of rotatable bonds is 2. The van der Waals surface area contributed by atoms with E-state index in [9.17, 15) is 12.8 Å². The third-order valence-corrected chi connectivity index (χ3v) is 6.73. The van der Waals surface area contributed by atoms with E-state index in [0.29, 0.717) is 17.2 Å². The third-order valence-electron chi connectivity index (χ3n) is 4.84. The minimum Gasteiger partial charge on any atom is -0.488 e. The van der Waals surface area contributed by atoms with Gasteiger partial charge in [0.1, 0.15) is 17.7 Å². The highest BCUT2D eigenvalue weighted by Crippen LogP contribution is 2.42. The van der Waals surface area contributed by atoms with E-state index in [0.717, 1.165) is 31.1 Å². The molecule has 2 aromatic rings. The SMILES string of the molecule is Cc1ccc(F)cc1S(=O)(=O)c1ccc2c(c1)OC1CNCCC21. The molecule has 24 heavy (non-hydrogen) atoms. The highest BCUT2D eigenvalue weighted by atomic mass is 32.2. The van der Waals surface area contributed by atoms with Crippen molar-refractivity contribution in [1.82, 2.24) is 5.32 Å². The van der Waals surface area contributed by atoms with Crippen LogP contribution in [0.5, 0.6) is 5.75 Å². The first kappa shape index (κ1) is 15.6. The van der Waals surface area contributed by atoms with Crippen LogP contribution in [0, 0.1) is 12.7 Å². The Kier molecular flexibility index (Phi) is 3.62. The van der Waals surface area contributed by atoms with Gasteiger partial charge < -0.3 is 10.1 Å². The molecule has 2 aliphatic heterocycles. The summed E-state index contributed by atoms with van der Waals surface area (Å²) in [7, 11) is -3.78. The van der Waals surface area contributed by atoms with Crippen molar-refractivity contribution in [3.05, 3.63) is 53.3 Å². The Bertz CT molecular complexity index is 910. The summed E-state index contributed by atoms with van der Waals surface area (Å²) in [5.74, 6) is 0.381. The minimum atomic E-state index is -3.78. The van der Waals surface area contributed by atoms with Crippen molar-refractivity contribution in [3.8, 4) is 5.75 Å². The van der Waals surface area contributed by atoms with E-state index < -0.39 is 15.7 Å². The Morgan fingerprint density at radius 3 is 2.88 bits per heavy atom. The molecule has 2 heterocycles. The molecule has 0 radical (unpaired) electrons. The maximum absolute atomic E-state index is 13.5. The van der Waals surface area contributed by atoms with E-state index in [-0.39, 0.29) is 15.9 Å². The highest BCUT2D eigenvalue weighted by molar-refractivity contribution is 7.91. The van der Waals surface area contributed by atoms with E-state index in [1.807, 2.05) is 6.07 Å². The van der Waals surface area contributed by atoms with Gasteiger partial charge in [0.25, 0.3) is 0 Å². The van der Waals surface area contributed by atoms with Gasteiger partial charge in [-0.3, -0.25) is 0 Å². The molecular weight excluding hydrogens is 329 g/mol. The Morgan fingerprint density at radius 2 is 2.04 bits per heavy atom. The maximum Gasteiger partial charge on any atom is 0.207 e. The van der Waals surface area contributed by atoms with Gasteiger partial charge in [-0.25, -0.2) is 12.8 Å². The van der Waals surface area contributed by atoms with Gasteiger partial charge in [0.2, 0.25) is 9.84 Å². The fourth-order valence-electron chi connectivity index (χ4n) is 3.55. The van der Waals surface area contributed by atoms with Crippen molar-refractivity contribution >= 4 is 9.84 Å². The van der Waals surface area contributed by atoms with Crippen molar-refractivity contribution in [1.29, 1.82) is 0 Å². The number of hydrogen-bond acceptors (Lipinski definition) is 4. The van der Waals surface area contributed by atoms with Crippen LogP contribution in [0.25, 0.3) is 0 Å². The molecule has 1 saturated heterocycles. The van der Waals surface area contributed by atoms with Crippen LogP contribution in [0.1, 0.15) is 23.5 Å². The van der Waals surface area contributed by atoms with Gasteiger partial charge in [-0.2, -0.15) is 0 Å². The van der Waals surface area contributed by atoms with E-state index in [4.69, 9.17) is 4.74 Å². The van der Waals surface area contributed by atoms with Crippen LogP contribution in [-0.2, 0) is 9.84 Å². The average Bonchev–Trinajstić information content (AvgIpc) is 2.94. The Labute approximate surface area is 140 Å². The number of piperidine rings is 1. The standard InChI is InChI=1S/C18H18FNO3S/c1-11-2-3-12(19)8-18(11)24(21,22)13-4-5-14-15-6-7-20-10-17(15)23-16(14)9-13/h2-5,8-9,15,17,20H,6-7,10H2,1H3. The molecule has 0 bridgehead atoms. The monoisotopic (exact) mass is 347 g/mol. The molecule has 4 rings (SSSR count). The fourth-order valence-corrected chi connectivity index (χ4v) is 5.08. The van der Waals surface area contributed by atoms with Crippen LogP contribution in [0.15, 0.2) is 46.2 Å². The Balaban J connectivity index is 1.77. The van der Waals surface area contributed by atoms with Crippen LogP contribution in [0.2, 0.25) is 0 Å². The zero-order valence-electron chi connectivity index (χ0n) is 13.3. The lowest BCUT2D eigenvalue weighted by Gasteiger charge is -2.24. The van der Waals surface area contributed by atoms with Crippen molar-refractivity contribution in [2.45, 2.75) is 35.2 Å². The number of benzene rings is 2. The summed E-state index contributed by atoms with van der Waals surface area (Å²) in [6.07, 6.45) is 1.04. The molecule has 1 fully saturated rings. The zero-order valence-corrected chi connectivity index (χ0v) is 14.1. The second-order valence-corrected chi connectivity index (χ2v) is 8.29. The number of aryl methyl sites for hydroxylation is 1. The number of halogens is 1. The largest absolute Gasteiger partial charge is 0.488 e. The van der Waals surface area contributed by atoms with E-state index >= 15 is 0 Å². The lowest BCUT2D eigenvalue weighted by atomic mass is 9.90. The van der Waals surface area contributed by atoms with Gasteiger partial charge in [-0.1, -0.05) is 12.1 Å². The molecule has 2 aliphatic rings. The third kappa shape index (κ3) is 2.41. The van der Waals surface area contributed by atoms with Gasteiger partial charge in [0, 0.05) is 18.0 Å². The molecule has 0 aliphatic carbocycles. The van der Waals surface area contributed by atoms with Gasteiger partial charge in [0.15, 0.2) is 0 Å². The first-order valence-corrected chi connectivity index (χ1v) is 9.48. The second-order valence-electron chi connectivity index (χ2n) is 6.37. The molecule has 4 nitrogen and oxygen atoms in total. The summed E-state index contributed by atoms with van der Waals surface area (Å²) in [4.78, 5) is 0.140. The molecule has 2 aromatic carbocycles. The second kappa shape index (κ2) is 5.57. The number of sulfone groups is 1. The first-order valence-electron chi connectivity index (χ1n) is 7.99. The van der Waals surface area contributed by atoms with E-state index in [1.54, 1.807) is 19.1 Å². The topological polar surface area (TPSA) is 55.4 Å². The average molecular weight is 347 g/mol. The van der Waals surface area contributed by atoms with E-state index in [1.165, 1.54) is 12.1 Å². The van der Waals surface area contributed by atoms with Gasteiger partial charge >= 0.3 is 0 Å². The Hall–Kier alpha value is -1.92. The quantitative estimate of drug-likeness (QED) is 0.908. The summed E-state index contributed by atoms with van der Waals surface area (Å²) >= 11 is 0. The van der Waals surface area contributed by atoms with Crippen molar-refractivity contribution < 1.29 is 17.5 Å². The minimum absolute atomic E-state index is 0.000435. The molecule has 6 heteroatoms. The predicted octanol–water partition coefficient (Wildman–Crippen LogP) is 2.80. The van der Waals surface area contributed by atoms with Crippen LogP contribution >= 0.6 is 0 Å². The smallest absolute Gasteiger partial charge is 0.207 e. The predicted molar refractivity (Wildman–Crippen MR) is 87.7 cm³/mol. The highest BCUT2D eigenvalue weighted by Gasteiger charge is 2.37. The summed E-state index contributed by atoms with van der Waals surface area (Å²) in [5.41, 5.74) is 1.59. The van der Waals surface area contributed by atoms with Gasteiger partial charge in [-0.05, 0) is 49.7 Å². The first-order chi connectivity index (χ1) is 11.5. The van der Waals surface area contributed by atoms with Crippen molar-refractivity contribution in [3.63, 3.8) is 0 Å². The zero-order chi connectivity index (χ0) is 16.9. The number of nitrogens with one attached hydrogen (secondary N) is 1. The molecular formula is C18H18FNO3S. The molecule has 126 valence electrons. The summed E-state index contributed by atoms with van der Waals surface area (Å²) in [6.45, 7) is 3.37. The fraction of sp³-hybridized carbons (Fsp3) is 0.333. The van der Waals surface area contributed by atoms with Crippen LogP contribution in [-0.4, -0.2) is 27.6 Å². The summed E-state index contributed by atoms with van der Waals surface area (Å²) in [5, 5.41) is 3.29. The normalized spacial score (nSPS) is 22.6. The molecule has 0 spiro atoms. The molecule has 1 N–H and O–H groups in total. The lowest BCUT2D eigenvalue weighted by Crippen LogP contribution is -2.39.